The summed E-state index contributed by atoms with van der Waals surface area (Å²) in [6.07, 6.45) is 1.47. The maximum absolute atomic E-state index is 13.2. The topological polar surface area (TPSA) is 71.8 Å². The number of hydrogen-bond acceptors (Lipinski definition) is 4. The largest absolute Gasteiger partial charge is 0.351 e. The molecule has 0 aliphatic carbocycles. The highest BCUT2D eigenvalue weighted by Crippen LogP contribution is 2.38. The summed E-state index contributed by atoms with van der Waals surface area (Å²) in [6, 6.07) is 14.2. The number of fused-ring (bicyclic) bond motifs is 1. The molecule has 3 atom stereocenters. The molecule has 6 nitrogen and oxygen atoms in total. The first-order chi connectivity index (χ1) is 13.0. The second-order valence-corrected chi connectivity index (χ2v) is 7.28. The number of halogens is 2. The van der Waals surface area contributed by atoms with E-state index in [9.17, 15) is 4.79 Å². The lowest BCUT2D eigenvalue weighted by molar-refractivity contribution is -0.121. The van der Waals surface area contributed by atoms with Crippen LogP contribution in [0.15, 0.2) is 54.9 Å². The molecule has 138 valence electrons. The minimum Gasteiger partial charge on any atom is -0.351 e. The number of hydrogen-bond donors (Lipinski definition) is 2. The van der Waals surface area contributed by atoms with Gasteiger partial charge in [-0.15, -0.1) is 0 Å². The van der Waals surface area contributed by atoms with Gasteiger partial charge in [-0.25, -0.2) is 4.68 Å². The fraction of sp³-hybridized carbons (Fsp3) is 0.211. The van der Waals surface area contributed by atoms with E-state index >= 15 is 0 Å². The van der Waals surface area contributed by atoms with E-state index in [1.807, 2.05) is 43.3 Å². The summed E-state index contributed by atoms with van der Waals surface area (Å²) < 4.78 is 1.72. The second-order valence-electron chi connectivity index (χ2n) is 6.46. The molecule has 1 amide bonds. The van der Waals surface area contributed by atoms with Crippen molar-refractivity contribution in [3.8, 4) is 0 Å². The molecule has 3 aromatic rings. The Morgan fingerprint density at radius 1 is 1.15 bits per heavy atom. The third kappa shape index (κ3) is 3.38. The molecule has 2 heterocycles. The van der Waals surface area contributed by atoms with Crippen molar-refractivity contribution in [2.24, 2.45) is 5.92 Å². The number of rotatable bonds is 3. The first kappa shape index (κ1) is 17.8. The van der Waals surface area contributed by atoms with E-state index in [0.717, 1.165) is 11.3 Å². The van der Waals surface area contributed by atoms with Crippen molar-refractivity contribution in [2.45, 2.75) is 19.0 Å². The summed E-state index contributed by atoms with van der Waals surface area (Å²) in [5.74, 6) is 0.0670. The highest BCUT2D eigenvalue weighted by atomic mass is 35.5. The third-order valence-corrected chi connectivity index (χ3v) is 5.44. The van der Waals surface area contributed by atoms with E-state index < -0.39 is 5.92 Å². The van der Waals surface area contributed by atoms with Crippen LogP contribution in [0.5, 0.6) is 0 Å². The average Bonchev–Trinajstić information content (AvgIpc) is 3.11. The Morgan fingerprint density at radius 3 is 2.67 bits per heavy atom. The Kier molecular flexibility index (Phi) is 4.76. The normalized spacial score (nSPS) is 21.2. The van der Waals surface area contributed by atoms with Crippen LogP contribution in [0.3, 0.4) is 0 Å². The average molecular weight is 402 g/mol. The Hall–Kier alpha value is -2.57. The maximum Gasteiger partial charge on any atom is 0.232 e. The number of anilines is 2. The molecule has 0 saturated heterocycles. The highest BCUT2D eigenvalue weighted by Gasteiger charge is 2.41. The van der Waals surface area contributed by atoms with Gasteiger partial charge in [0.2, 0.25) is 11.9 Å². The summed E-state index contributed by atoms with van der Waals surface area (Å²) in [5, 5.41) is 11.5. The fourth-order valence-corrected chi connectivity index (χ4v) is 3.74. The molecule has 2 N–H and O–H groups in total. The molecule has 27 heavy (non-hydrogen) atoms. The van der Waals surface area contributed by atoms with E-state index in [1.165, 1.54) is 6.33 Å². The van der Waals surface area contributed by atoms with Gasteiger partial charge in [-0.05, 0) is 36.8 Å². The van der Waals surface area contributed by atoms with E-state index in [-0.39, 0.29) is 18.0 Å². The molecule has 1 aliphatic heterocycles. The Bertz CT molecular complexity index is 975. The molecule has 0 saturated carbocycles. The molecule has 0 fully saturated rings. The zero-order valence-corrected chi connectivity index (χ0v) is 15.9. The summed E-state index contributed by atoms with van der Waals surface area (Å²) >= 11 is 12.3. The number of aromatic nitrogens is 3. The van der Waals surface area contributed by atoms with Crippen molar-refractivity contribution < 1.29 is 4.79 Å². The monoisotopic (exact) mass is 401 g/mol. The molecule has 1 aliphatic rings. The number of carbonyl (C=O) groups excluding carboxylic acids is 1. The Labute approximate surface area is 166 Å². The van der Waals surface area contributed by atoms with Crippen LogP contribution in [-0.2, 0) is 4.79 Å². The van der Waals surface area contributed by atoms with Crippen molar-refractivity contribution in [3.05, 3.63) is 70.5 Å². The van der Waals surface area contributed by atoms with Crippen LogP contribution >= 0.6 is 23.2 Å². The van der Waals surface area contributed by atoms with Gasteiger partial charge in [0.1, 0.15) is 6.33 Å². The van der Waals surface area contributed by atoms with Crippen molar-refractivity contribution >= 4 is 40.7 Å². The van der Waals surface area contributed by atoms with Crippen LogP contribution in [0, 0.1) is 5.92 Å². The highest BCUT2D eigenvalue weighted by molar-refractivity contribution is 6.42. The first-order valence-electron chi connectivity index (χ1n) is 8.51. The van der Waals surface area contributed by atoms with Gasteiger partial charge >= 0.3 is 0 Å². The molecular weight excluding hydrogens is 385 g/mol. The first-order valence-corrected chi connectivity index (χ1v) is 9.27. The zero-order valence-electron chi connectivity index (χ0n) is 14.4. The van der Waals surface area contributed by atoms with Crippen LogP contribution in [0.1, 0.15) is 18.5 Å². The molecule has 8 heteroatoms. The molecule has 2 aromatic carbocycles. The quantitative estimate of drug-likeness (QED) is 0.688. The summed E-state index contributed by atoms with van der Waals surface area (Å²) in [4.78, 5) is 17.4. The van der Waals surface area contributed by atoms with E-state index in [2.05, 4.69) is 20.7 Å². The van der Waals surface area contributed by atoms with Gasteiger partial charge in [-0.3, -0.25) is 4.79 Å². The van der Waals surface area contributed by atoms with Crippen LogP contribution in [-0.4, -0.2) is 26.7 Å². The second kappa shape index (κ2) is 7.21. The smallest absolute Gasteiger partial charge is 0.232 e. The lowest BCUT2D eigenvalue weighted by Crippen LogP contribution is -2.46. The van der Waals surface area contributed by atoms with E-state index in [1.54, 1.807) is 16.8 Å². The van der Waals surface area contributed by atoms with Gasteiger partial charge in [-0.2, -0.15) is 10.1 Å². The Balaban J connectivity index is 1.75. The predicted octanol–water partition coefficient (Wildman–Crippen LogP) is 4.24. The molecule has 4 rings (SSSR count). The third-order valence-electron chi connectivity index (χ3n) is 4.70. The van der Waals surface area contributed by atoms with E-state index in [4.69, 9.17) is 23.2 Å². The SMILES string of the molecule is C[C@H]1Nc2ncnn2[C@@H](c2ccc(Cl)c(Cl)c2)[C@@H]1C(=O)Nc1ccccc1. The molecule has 0 radical (unpaired) electrons. The number of benzene rings is 2. The van der Waals surface area contributed by atoms with Crippen LogP contribution in [0.2, 0.25) is 10.0 Å². The summed E-state index contributed by atoms with van der Waals surface area (Å²) in [7, 11) is 0. The van der Waals surface area contributed by atoms with Crippen LogP contribution in [0.4, 0.5) is 11.6 Å². The minimum atomic E-state index is -0.434. The van der Waals surface area contributed by atoms with Crippen molar-refractivity contribution in [2.75, 3.05) is 10.6 Å². The van der Waals surface area contributed by atoms with Gasteiger partial charge in [0, 0.05) is 11.7 Å². The molecular formula is C19H17Cl2N5O. The maximum atomic E-state index is 13.2. The molecule has 0 spiro atoms. The molecule has 0 bridgehead atoms. The predicted molar refractivity (Wildman–Crippen MR) is 106 cm³/mol. The van der Waals surface area contributed by atoms with Crippen molar-refractivity contribution in [3.63, 3.8) is 0 Å². The van der Waals surface area contributed by atoms with Gasteiger partial charge < -0.3 is 10.6 Å². The van der Waals surface area contributed by atoms with Crippen molar-refractivity contribution in [1.82, 2.24) is 14.8 Å². The molecule has 0 unspecified atom stereocenters. The van der Waals surface area contributed by atoms with Gasteiger partial charge in [0.05, 0.1) is 22.0 Å². The number of para-hydroxylation sites is 1. The number of amides is 1. The fourth-order valence-electron chi connectivity index (χ4n) is 3.44. The van der Waals surface area contributed by atoms with E-state index in [0.29, 0.717) is 16.0 Å². The van der Waals surface area contributed by atoms with Gasteiger partial charge in [-0.1, -0.05) is 47.5 Å². The number of carbonyl (C=O) groups is 1. The van der Waals surface area contributed by atoms with Crippen LogP contribution < -0.4 is 10.6 Å². The lowest BCUT2D eigenvalue weighted by atomic mass is 9.85. The Morgan fingerprint density at radius 2 is 1.93 bits per heavy atom. The zero-order chi connectivity index (χ0) is 19.0. The summed E-state index contributed by atoms with van der Waals surface area (Å²) in [6.45, 7) is 1.96. The van der Waals surface area contributed by atoms with Crippen molar-refractivity contribution in [1.29, 1.82) is 0 Å². The van der Waals surface area contributed by atoms with Crippen LogP contribution in [0.25, 0.3) is 0 Å². The van der Waals surface area contributed by atoms with Gasteiger partial charge in [0.25, 0.3) is 0 Å². The van der Waals surface area contributed by atoms with Gasteiger partial charge in [0.15, 0.2) is 0 Å². The molecule has 1 aromatic heterocycles. The minimum absolute atomic E-state index is 0.113. The number of nitrogens with one attached hydrogen (secondary N) is 2. The standard InChI is InChI=1S/C19H17Cl2N5O/c1-11-16(18(27)25-13-5-3-2-4-6-13)17(26-19(24-11)22-10-23-26)12-7-8-14(20)15(21)9-12/h2-11,16-17H,1H3,(H,25,27)(H,22,23,24)/t11-,16-,17+/m1/s1. The number of nitrogens with zero attached hydrogens (tertiary/aromatic N) is 3. The lowest BCUT2D eigenvalue weighted by Gasteiger charge is -2.37. The summed E-state index contributed by atoms with van der Waals surface area (Å²) in [5.41, 5.74) is 1.59.